The second-order valence-electron chi connectivity index (χ2n) is 10.2. The predicted octanol–water partition coefficient (Wildman–Crippen LogP) is 5.69. The van der Waals surface area contributed by atoms with E-state index in [4.69, 9.17) is 0 Å². The number of nitro groups is 1. The summed E-state index contributed by atoms with van der Waals surface area (Å²) in [5.41, 5.74) is 4.49. The number of carbonyl (C=O) groups is 1. The Balaban J connectivity index is 1.10. The molecule has 1 aliphatic rings. The van der Waals surface area contributed by atoms with Crippen LogP contribution < -0.4 is 4.90 Å². The van der Waals surface area contributed by atoms with Crippen molar-refractivity contribution >= 4 is 29.0 Å². The van der Waals surface area contributed by atoms with Crippen molar-refractivity contribution in [1.82, 2.24) is 19.7 Å². The largest absolute Gasteiger partial charge is 0.368 e. The van der Waals surface area contributed by atoms with Crippen LogP contribution in [0.25, 0.3) is 5.69 Å². The van der Waals surface area contributed by atoms with E-state index in [0.29, 0.717) is 25.9 Å². The normalized spacial score (nSPS) is 13.4. The third kappa shape index (κ3) is 7.32. The highest BCUT2D eigenvalue weighted by Gasteiger charge is 2.21. The van der Waals surface area contributed by atoms with Crippen molar-refractivity contribution in [1.29, 1.82) is 0 Å². The van der Waals surface area contributed by atoms with Gasteiger partial charge in [0, 0.05) is 68.3 Å². The SMILES string of the molecule is Cc1ccc(-n2c(Cc3ccccc3)nnc2SCCCCC(=O)N2CCN(c3ccc([N+](=O)[O-])cc3)CC2)cc1. The van der Waals surface area contributed by atoms with Gasteiger partial charge in [0.05, 0.1) is 4.92 Å². The molecule has 5 rings (SSSR count). The smallest absolute Gasteiger partial charge is 0.269 e. The molecule has 1 aliphatic heterocycles. The van der Waals surface area contributed by atoms with Crippen molar-refractivity contribution in [2.24, 2.45) is 0 Å². The highest BCUT2D eigenvalue weighted by atomic mass is 32.2. The summed E-state index contributed by atoms with van der Waals surface area (Å²) in [7, 11) is 0. The number of hydrogen-bond acceptors (Lipinski definition) is 7. The van der Waals surface area contributed by atoms with Gasteiger partial charge in [-0.3, -0.25) is 19.5 Å². The van der Waals surface area contributed by atoms with Crippen LogP contribution in [0, 0.1) is 17.0 Å². The van der Waals surface area contributed by atoms with Gasteiger partial charge in [-0.1, -0.05) is 59.8 Å². The lowest BCUT2D eigenvalue weighted by molar-refractivity contribution is -0.384. The van der Waals surface area contributed by atoms with E-state index in [1.165, 1.54) is 23.3 Å². The molecule has 1 amide bonds. The lowest BCUT2D eigenvalue weighted by Crippen LogP contribution is -2.48. The number of unbranched alkanes of at least 4 members (excludes halogenated alkanes) is 1. The first-order valence-electron chi connectivity index (χ1n) is 13.9. The maximum Gasteiger partial charge on any atom is 0.269 e. The number of non-ortho nitro benzene ring substituents is 1. The molecule has 0 spiro atoms. The van der Waals surface area contributed by atoms with Gasteiger partial charge in [0.2, 0.25) is 5.91 Å². The summed E-state index contributed by atoms with van der Waals surface area (Å²) in [6.45, 7) is 4.85. The molecule has 0 N–H and O–H groups in total. The number of hydrogen-bond donors (Lipinski definition) is 0. The molecule has 9 nitrogen and oxygen atoms in total. The maximum atomic E-state index is 12.8. The van der Waals surface area contributed by atoms with Crippen molar-refractivity contribution in [3.63, 3.8) is 0 Å². The van der Waals surface area contributed by atoms with Gasteiger partial charge in [0.15, 0.2) is 5.16 Å². The lowest BCUT2D eigenvalue weighted by Gasteiger charge is -2.36. The molecular weight excluding hydrogens is 536 g/mol. The molecule has 0 radical (unpaired) electrons. The fraction of sp³-hybridized carbons (Fsp3) is 0.323. The van der Waals surface area contributed by atoms with Crippen LogP contribution in [0.3, 0.4) is 0 Å². The summed E-state index contributed by atoms with van der Waals surface area (Å²) in [5, 5.41) is 20.8. The number of nitro benzene ring substituents is 1. The summed E-state index contributed by atoms with van der Waals surface area (Å²) in [4.78, 5) is 27.4. The van der Waals surface area contributed by atoms with Crippen molar-refractivity contribution in [2.45, 2.75) is 37.8 Å². The predicted molar refractivity (Wildman–Crippen MR) is 162 cm³/mol. The van der Waals surface area contributed by atoms with Gasteiger partial charge in [0.1, 0.15) is 5.82 Å². The van der Waals surface area contributed by atoms with Gasteiger partial charge in [-0.25, -0.2) is 0 Å². The number of rotatable bonds is 11. The molecule has 4 aromatic rings. The molecule has 2 heterocycles. The van der Waals surface area contributed by atoms with E-state index in [1.54, 1.807) is 23.9 Å². The minimum atomic E-state index is -0.392. The zero-order valence-electron chi connectivity index (χ0n) is 23.2. The van der Waals surface area contributed by atoms with E-state index in [1.807, 2.05) is 23.1 Å². The Morgan fingerprint density at radius 2 is 1.56 bits per heavy atom. The quantitative estimate of drug-likeness (QED) is 0.0990. The highest BCUT2D eigenvalue weighted by Crippen LogP contribution is 2.25. The van der Waals surface area contributed by atoms with Crippen LogP contribution in [-0.4, -0.2) is 62.4 Å². The van der Waals surface area contributed by atoms with Gasteiger partial charge in [-0.15, -0.1) is 10.2 Å². The summed E-state index contributed by atoms with van der Waals surface area (Å²) < 4.78 is 2.15. The molecule has 1 fully saturated rings. The average Bonchev–Trinajstić information content (AvgIpc) is 3.39. The van der Waals surface area contributed by atoms with Crippen LogP contribution in [0.4, 0.5) is 11.4 Å². The molecule has 0 saturated carbocycles. The lowest BCUT2D eigenvalue weighted by atomic mass is 10.1. The Labute approximate surface area is 244 Å². The van der Waals surface area contributed by atoms with Gasteiger partial charge in [-0.05, 0) is 49.6 Å². The van der Waals surface area contributed by atoms with Crippen LogP contribution in [0.2, 0.25) is 0 Å². The van der Waals surface area contributed by atoms with Gasteiger partial charge in [0.25, 0.3) is 5.69 Å². The molecular formula is C31H34N6O3S. The zero-order chi connectivity index (χ0) is 28.6. The van der Waals surface area contributed by atoms with E-state index >= 15 is 0 Å². The van der Waals surface area contributed by atoms with E-state index < -0.39 is 4.92 Å². The fourth-order valence-electron chi connectivity index (χ4n) is 4.94. The number of nitrogens with zero attached hydrogens (tertiary/aromatic N) is 6. The van der Waals surface area contributed by atoms with Crippen molar-refractivity contribution in [2.75, 3.05) is 36.8 Å². The molecule has 41 heavy (non-hydrogen) atoms. The molecule has 1 saturated heterocycles. The Hall–Kier alpha value is -4.18. The molecule has 212 valence electrons. The summed E-state index contributed by atoms with van der Waals surface area (Å²) >= 11 is 1.68. The second-order valence-corrected chi connectivity index (χ2v) is 11.2. The topological polar surface area (TPSA) is 97.4 Å². The van der Waals surface area contributed by atoms with Gasteiger partial charge >= 0.3 is 0 Å². The number of thioether (sulfide) groups is 1. The molecule has 1 aromatic heterocycles. The molecule has 0 bridgehead atoms. The highest BCUT2D eigenvalue weighted by molar-refractivity contribution is 7.99. The number of anilines is 1. The molecule has 3 aromatic carbocycles. The van der Waals surface area contributed by atoms with E-state index in [2.05, 4.69) is 63.0 Å². The van der Waals surface area contributed by atoms with Crippen LogP contribution in [0.15, 0.2) is 84.0 Å². The van der Waals surface area contributed by atoms with Crippen molar-refractivity contribution < 1.29 is 9.72 Å². The summed E-state index contributed by atoms with van der Waals surface area (Å²) in [5.74, 6) is 1.95. The third-order valence-electron chi connectivity index (χ3n) is 7.27. The first-order valence-corrected chi connectivity index (χ1v) is 14.9. The van der Waals surface area contributed by atoms with Crippen LogP contribution >= 0.6 is 11.8 Å². The average molecular weight is 571 g/mol. The maximum absolute atomic E-state index is 12.8. The van der Waals surface area contributed by atoms with Crippen LogP contribution in [0.1, 0.15) is 36.2 Å². The standard InChI is InChI=1S/C31H34N6O3S/c1-24-10-12-27(13-11-24)36-29(23-25-7-3-2-4-8-25)32-33-31(36)41-22-6-5-9-30(38)35-20-18-34(19-21-35)26-14-16-28(17-15-26)37(39)40/h2-4,7-8,10-17H,5-6,9,18-23H2,1H3. The Morgan fingerprint density at radius 1 is 0.878 bits per heavy atom. The molecule has 10 heteroatoms. The van der Waals surface area contributed by atoms with Gasteiger partial charge < -0.3 is 9.80 Å². The Bertz CT molecular complexity index is 1450. The van der Waals surface area contributed by atoms with Gasteiger partial charge in [-0.2, -0.15) is 0 Å². The fourth-order valence-corrected chi connectivity index (χ4v) is 5.91. The number of carbonyl (C=O) groups excluding carboxylic acids is 1. The summed E-state index contributed by atoms with van der Waals surface area (Å²) in [6.07, 6.45) is 2.97. The number of aromatic nitrogens is 3. The number of benzene rings is 3. The molecule has 0 aliphatic carbocycles. The number of aryl methyl sites for hydroxylation is 1. The Morgan fingerprint density at radius 3 is 2.24 bits per heavy atom. The third-order valence-corrected chi connectivity index (χ3v) is 8.29. The van der Waals surface area contributed by atoms with E-state index in [9.17, 15) is 14.9 Å². The first kappa shape index (κ1) is 28.4. The second kappa shape index (κ2) is 13.5. The zero-order valence-corrected chi connectivity index (χ0v) is 24.0. The Kier molecular flexibility index (Phi) is 9.30. The molecule has 0 unspecified atom stereocenters. The van der Waals surface area contributed by atoms with Crippen LogP contribution in [-0.2, 0) is 11.2 Å². The van der Waals surface area contributed by atoms with Crippen molar-refractivity contribution in [3.8, 4) is 5.69 Å². The van der Waals surface area contributed by atoms with E-state index in [-0.39, 0.29) is 11.6 Å². The monoisotopic (exact) mass is 570 g/mol. The number of piperazine rings is 1. The number of amides is 1. The molecule has 0 atom stereocenters. The minimum absolute atomic E-state index is 0.0868. The first-order chi connectivity index (χ1) is 20.0. The van der Waals surface area contributed by atoms with E-state index in [0.717, 1.165) is 54.0 Å². The van der Waals surface area contributed by atoms with Crippen molar-refractivity contribution in [3.05, 3.63) is 106 Å². The summed E-state index contributed by atoms with van der Waals surface area (Å²) in [6, 6.07) is 25.3. The van der Waals surface area contributed by atoms with Crippen LogP contribution in [0.5, 0.6) is 0 Å². The minimum Gasteiger partial charge on any atom is -0.368 e.